The van der Waals surface area contributed by atoms with Crippen LogP contribution in [0.15, 0.2) is 34.9 Å². The molecule has 110 valence electrons. The number of aryl methyl sites for hydroxylation is 1. The number of nitrogens with one attached hydrogen (secondary N) is 3. The third-order valence-corrected chi connectivity index (χ3v) is 4.98. The molecule has 1 spiro atoms. The zero-order valence-corrected chi connectivity index (χ0v) is 13.1. The van der Waals surface area contributed by atoms with E-state index in [1.165, 1.54) is 0 Å². The SMILES string of the molecule is Cc1ccc2c(c1Br)C1(NC(=O)c3cccnc3N1)C(=O)N2. The maximum Gasteiger partial charge on any atom is 0.276 e. The van der Waals surface area contributed by atoms with Gasteiger partial charge in [0.15, 0.2) is 0 Å². The topological polar surface area (TPSA) is 83.1 Å². The third-order valence-electron chi connectivity index (χ3n) is 3.96. The van der Waals surface area contributed by atoms with Crippen LogP contribution in [0.4, 0.5) is 11.5 Å². The summed E-state index contributed by atoms with van der Waals surface area (Å²) in [5.74, 6) is -0.278. The predicted octanol–water partition coefficient (Wildman–Crippen LogP) is 2.11. The van der Waals surface area contributed by atoms with Crippen LogP contribution >= 0.6 is 15.9 Å². The fourth-order valence-corrected chi connectivity index (χ4v) is 3.50. The van der Waals surface area contributed by atoms with E-state index in [0.29, 0.717) is 22.6 Å². The summed E-state index contributed by atoms with van der Waals surface area (Å²) in [6.07, 6.45) is 1.58. The molecule has 1 atom stereocenters. The first-order chi connectivity index (χ1) is 10.5. The average molecular weight is 359 g/mol. The Balaban J connectivity index is 1.97. The number of rotatable bonds is 0. The lowest BCUT2D eigenvalue weighted by Crippen LogP contribution is -2.59. The summed E-state index contributed by atoms with van der Waals surface area (Å²) < 4.78 is 0.774. The van der Waals surface area contributed by atoms with Gasteiger partial charge < -0.3 is 16.0 Å². The normalized spacial score (nSPS) is 21.7. The summed E-state index contributed by atoms with van der Waals surface area (Å²) in [4.78, 5) is 29.2. The number of pyridine rings is 1. The van der Waals surface area contributed by atoms with Gasteiger partial charge in [0.2, 0.25) is 5.66 Å². The average Bonchev–Trinajstić information content (AvgIpc) is 2.76. The number of hydrogen-bond acceptors (Lipinski definition) is 4. The number of halogens is 1. The fourth-order valence-electron chi connectivity index (χ4n) is 2.85. The van der Waals surface area contributed by atoms with Gasteiger partial charge in [0, 0.05) is 16.2 Å². The van der Waals surface area contributed by atoms with Crippen LogP contribution in [0.5, 0.6) is 0 Å². The van der Waals surface area contributed by atoms with Crippen molar-refractivity contribution in [2.75, 3.05) is 10.6 Å². The van der Waals surface area contributed by atoms with E-state index >= 15 is 0 Å². The van der Waals surface area contributed by atoms with Crippen molar-refractivity contribution < 1.29 is 9.59 Å². The smallest absolute Gasteiger partial charge is 0.276 e. The summed E-state index contributed by atoms with van der Waals surface area (Å²) in [6.45, 7) is 1.93. The zero-order valence-electron chi connectivity index (χ0n) is 11.5. The highest BCUT2D eigenvalue weighted by Crippen LogP contribution is 2.44. The van der Waals surface area contributed by atoms with E-state index in [0.717, 1.165) is 10.0 Å². The van der Waals surface area contributed by atoms with Gasteiger partial charge in [0.25, 0.3) is 11.8 Å². The highest BCUT2D eigenvalue weighted by atomic mass is 79.9. The molecule has 3 heterocycles. The molecule has 7 heteroatoms. The predicted molar refractivity (Wildman–Crippen MR) is 84.5 cm³/mol. The molecule has 0 saturated carbocycles. The molecule has 1 unspecified atom stereocenters. The number of carbonyl (C=O) groups is 2. The lowest BCUT2D eigenvalue weighted by molar-refractivity contribution is -0.120. The van der Waals surface area contributed by atoms with Crippen molar-refractivity contribution >= 4 is 39.2 Å². The van der Waals surface area contributed by atoms with Gasteiger partial charge in [-0.2, -0.15) is 0 Å². The quantitative estimate of drug-likeness (QED) is 0.673. The molecule has 22 heavy (non-hydrogen) atoms. The number of nitrogens with zero attached hydrogens (tertiary/aromatic N) is 1. The molecule has 1 aromatic heterocycles. The second kappa shape index (κ2) is 4.30. The first-order valence-corrected chi connectivity index (χ1v) is 7.49. The van der Waals surface area contributed by atoms with Crippen molar-refractivity contribution in [2.24, 2.45) is 0 Å². The molecule has 2 amide bonds. The van der Waals surface area contributed by atoms with Gasteiger partial charge in [0.05, 0.1) is 11.3 Å². The van der Waals surface area contributed by atoms with Crippen molar-refractivity contribution in [1.29, 1.82) is 0 Å². The van der Waals surface area contributed by atoms with Crippen LogP contribution < -0.4 is 16.0 Å². The van der Waals surface area contributed by atoms with Crippen LogP contribution in [0.1, 0.15) is 21.5 Å². The van der Waals surface area contributed by atoms with Crippen LogP contribution in [0.2, 0.25) is 0 Å². The number of benzene rings is 1. The van der Waals surface area contributed by atoms with Gasteiger partial charge >= 0.3 is 0 Å². The molecular formula is C15H11BrN4O2. The Morgan fingerprint density at radius 1 is 1.18 bits per heavy atom. The minimum atomic E-state index is -1.35. The molecule has 0 bridgehead atoms. The summed E-state index contributed by atoms with van der Waals surface area (Å²) in [7, 11) is 0. The molecule has 2 aromatic rings. The largest absolute Gasteiger partial charge is 0.335 e. The minimum absolute atomic E-state index is 0.335. The highest BCUT2D eigenvalue weighted by molar-refractivity contribution is 9.10. The molecule has 0 fully saturated rings. The van der Waals surface area contributed by atoms with Gasteiger partial charge in [-0.15, -0.1) is 0 Å². The van der Waals surface area contributed by atoms with E-state index < -0.39 is 5.66 Å². The van der Waals surface area contributed by atoms with E-state index in [4.69, 9.17) is 0 Å². The number of aromatic nitrogens is 1. The molecule has 0 saturated heterocycles. The molecule has 2 aliphatic heterocycles. The molecule has 0 aliphatic carbocycles. The Kier molecular flexibility index (Phi) is 2.59. The second-order valence-electron chi connectivity index (χ2n) is 5.30. The van der Waals surface area contributed by atoms with Crippen LogP contribution in [0.25, 0.3) is 0 Å². The van der Waals surface area contributed by atoms with E-state index in [9.17, 15) is 9.59 Å². The third kappa shape index (κ3) is 1.57. The Morgan fingerprint density at radius 3 is 2.82 bits per heavy atom. The van der Waals surface area contributed by atoms with Crippen LogP contribution in [0, 0.1) is 6.92 Å². The first-order valence-electron chi connectivity index (χ1n) is 6.70. The Labute approximate surface area is 134 Å². The number of fused-ring (bicyclic) bond motifs is 3. The standard InChI is InChI=1S/C15H11BrN4O2/c1-7-4-5-9-10(11(7)16)15(14(22)18-9)19-12-8(13(21)20-15)3-2-6-17-12/h2-6H,1H3,(H,17,19)(H,18,22)(H,20,21). The maximum absolute atomic E-state index is 12.6. The van der Waals surface area contributed by atoms with Gasteiger partial charge in [-0.3, -0.25) is 9.59 Å². The number of hydrogen-bond donors (Lipinski definition) is 3. The monoisotopic (exact) mass is 358 g/mol. The number of anilines is 2. The molecule has 6 nitrogen and oxygen atoms in total. The molecule has 4 rings (SSSR count). The maximum atomic E-state index is 12.6. The van der Waals surface area contributed by atoms with Crippen LogP contribution in [-0.2, 0) is 10.5 Å². The van der Waals surface area contributed by atoms with Gasteiger partial charge in [-0.05, 0) is 46.6 Å². The Hall–Kier alpha value is -2.41. The highest BCUT2D eigenvalue weighted by Gasteiger charge is 2.52. The Morgan fingerprint density at radius 2 is 2.00 bits per heavy atom. The lowest BCUT2D eigenvalue weighted by Gasteiger charge is -2.35. The van der Waals surface area contributed by atoms with E-state index in [1.54, 1.807) is 18.3 Å². The van der Waals surface area contributed by atoms with Crippen LogP contribution in [-0.4, -0.2) is 16.8 Å². The summed E-state index contributed by atoms with van der Waals surface area (Å²) in [5, 5.41) is 8.68. The number of amides is 2. The first kappa shape index (κ1) is 13.3. The molecule has 0 radical (unpaired) electrons. The van der Waals surface area contributed by atoms with Crippen LogP contribution in [0.3, 0.4) is 0 Å². The zero-order chi connectivity index (χ0) is 15.5. The van der Waals surface area contributed by atoms with Gasteiger partial charge in [-0.25, -0.2) is 4.98 Å². The van der Waals surface area contributed by atoms with E-state index in [2.05, 4.69) is 36.9 Å². The van der Waals surface area contributed by atoms with Gasteiger partial charge in [0.1, 0.15) is 5.82 Å². The molecular weight excluding hydrogens is 348 g/mol. The van der Waals surface area contributed by atoms with Crippen molar-refractivity contribution in [2.45, 2.75) is 12.6 Å². The van der Waals surface area contributed by atoms with E-state index in [1.807, 2.05) is 19.1 Å². The molecule has 3 N–H and O–H groups in total. The summed E-state index contributed by atoms with van der Waals surface area (Å²) in [5.41, 5.74) is 1.37. The van der Waals surface area contributed by atoms with Crippen molar-refractivity contribution in [3.8, 4) is 0 Å². The molecule has 2 aliphatic rings. The fraction of sp³-hybridized carbons (Fsp3) is 0.133. The van der Waals surface area contributed by atoms with Crippen molar-refractivity contribution in [3.05, 3.63) is 51.6 Å². The van der Waals surface area contributed by atoms with Crippen molar-refractivity contribution in [1.82, 2.24) is 10.3 Å². The second-order valence-corrected chi connectivity index (χ2v) is 6.09. The summed E-state index contributed by atoms with van der Waals surface area (Å²) >= 11 is 3.53. The van der Waals surface area contributed by atoms with Gasteiger partial charge in [-0.1, -0.05) is 6.07 Å². The van der Waals surface area contributed by atoms with Crippen molar-refractivity contribution in [3.63, 3.8) is 0 Å². The summed E-state index contributed by atoms with van der Waals surface area (Å²) in [6, 6.07) is 7.07. The lowest BCUT2D eigenvalue weighted by atomic mass is 9.95. The molecule has 1 aromatic carbocycles. The number of carbonyl (C=O) groups excluding carboxylic acids is 2. The Bertz CT molecular complexity index is 851. The van der Waals surface area contributed by atoms with E-state index in [-0.39, 0.29) is 11.8 Å². The minimum Gasteiger partial charge on any atom is -0.335 e.